The Morgan fingerprint density at radius 3 is 3.07 bits per heavy atom. The van der Waals surface area contributed by atoms with Gasteiger partial charge in [-0.2, -0.15) is 0 Å². The van der Waals surface area contributed by atoms with Crippen LogP contribution in [0.25, 0.3) is 0 Å². The molecule has 0 unspecified atom stereocenters. The molecule has 2 rings (SSSR count). The van der Waals surface area contributed by atoms with Crippen molar-refractivity contribution in [2.75, 3.05) is 5.32 Å². The van der Waals surface area contributed by atoms with Crippen LogP contribution in [0.4, 0.5) is 6.01 Å². The Bertz CT molecular complexity index is 397. The smallest absolute Gasteiger partial charge is 0.315 e. The first kappa shape index (κ1) is 9.95. The Kier molecular flexibility index (Phi) is 3.05. The van der Waals surface area contributed by atoms with E-state index in [9.17, 15) is 0 Å². The Morgan fingerprint density at radius 1 is 1.64 bits per heavy atom. The molecule has 0 aliphatic carbocycles. The molecule has 0 fully saturated rings. The summed E-state index contributed by atoms with van der Waals surface area (Å²) >= 11 is 10.7. The molecule has 7 heteroatoms. The van der Waals surface area contributed by atoms with E-state index in [2.05, 4.69) is 31.4 Å². The first-order valence-electron chi connectivity index (χ1n) is 3.69. The Hall–Kier alpha value is -0.590. The van der Waals surface area contributed by atoms with Crippen LogP contribution in [-0.2, 0) is 6.54 Å². The van der Waals surface area contributed by atoms with Crippen molar-refractivity contribution >= 4 is 44.9 Å². The van der Waals surface area contributed by atoms with Crippen LogP contribution in [0.1, 0.15) is 4.88 Å². The van der Waals surface area contributed by atoms with Crippen molar-refractivity contribution in [3.63, 3.8) is 0 Å². The molecule has 14 heavy (non-hydrogen) atoms. The molecule has 0 atom stereocenters. The van der Waals surface area contributed by atoms with Gasteiger partial charge < -0.3 is 9.73 Å². The molecule has 0 saturated carbocycles. The normalized spacial score (nSPS) is 10.4. The zero-order valence-electron chi connectivity index (χ0n) is 6.83. The highest BCUT2D eigenvalue weighted by atomic mass is 79.9. The molecule has 1 N–H and O–H groups in total. The van der Waals surface area contributed by atoms with Crippen LogP contribution in [0.15, 0.2) is 21.3 Å². The van der Waals surface area contributed by atoms with E-state index < -0.39 is 0 Å². The third-order valence-corrected chi connectivity index (χ3v) is 3.94. The molecule has 0 aliphatic rings. The second-order valence-electron chi connectivity index (χ2n) is 2.43. The molecular weight excluding hydrogens is 290 g/mol. The molecule has 0 radical (unpaired) electrons. The number of aromatic nitrogens is 2. The third-order valence-electron chi connectivity index (χ3n) is 1.47. The van der Waals surface area contributed by atoms with Gasteiger partial charge >= 0.3 is 6.01 Å². The van der Waals surface area contributed by atoms with Gasteiger partial charge in [0.05, 0.1) is 6.54 Å². The van der Waals surface area contributed by atoms with E-state index in [1.165, 1.54) is 17.7 Å². The van der Waals surface area contributed by atoms with Crippen molar-refractivity contribution in [1.29, 1.82) is 0 Å². The van der Waals surface area contributed by atoms with Crippen molar-refractivity contribution in [2.45, 2.75) is 6.54 Å². The number of nitrogens with one attached hydrogen (secondary N) is 1. The number of nitrogens with zero attached hydrogens (tertiary/aromatic N) is 2. The molecule has 0 spiro atoms. The number of rotatable bonds is 3. The maximum atomic E-state index is 5.88. The topological polar surface area (TPSA) is 51.0 Å². The van der Waals surface area contributed by atoms with Crippen LogP contribution in [-0.4, -0.2) is 10.2 Å². The van der Waals surface area contributed by atoms with E-state index in [4.69, 9.17) is 16.0 Å². The summed E-state index contributed by atoms with van der Waals surface area (Å²) in [5.41, 5.74) is 0. The van der Waals surface area contributed by atoms with Crippen molar-refractivity contribution in [3.8, 4) is 0 Å². The fourth-order valence-electron chi connectivity index (χ4n) is 0.891. The summed E-state index contributed by atoms with van der Waals surface area (Å²) in [4.78, 5) is 1.10. The molecule has 0 bridgehead atoms. The van der Waals surface area contributed by atoms with E-state index >= 15 is 0 Å². The fraction of sp³-hybridized carbons (Fsp3) is 0.143. The molecular formula is C7H5BrClN3OS. The number of anilines is 1. The lowest BCUT2D eigenvalue weighted by molar-refractivity contribution is 0.565. The van der Waals surface area contributed by atoms with Crippen LogP contribution in [0.3, 0.4) is 0 Å². The molecule has 2 aromatic rings. The number of halogens is 2. The number of hydrogen-bond acceptors (Lipinski definition) is 5. The lowest BCUT2D eigenvalue weighted by Crippen LogP contribution is -1.97. The maximum absolute atomic E-state index is 5.88. The zero-order chi connectivity index (χ0) is 9.97. The second kappa shape index (κ2) is 4.29. The summed E-state index contributed by atoms with van der Waals surface area (Å²) in [5.74, 6) is 0. The van der Waals surface area contributed by atoms with Gasteiger partial charge in [0.1, 0.15) is 4.34 Å². The van der Waals surface area contributed by atoms with Crippen LogP contribution in [0, 0.1) is 0 Å². The summed E-state index contributed by atoms with van der Waals surface area (Å²) < 4.78 is 6.57. The highest BCUT2D eigenvalue weighted by molar-refractivity contribution is 9.10. The molecule has 2 heterocycles. The lowest BCUT2D eigenvalue weighted by atomic mass is 10.5. The second-order valence-corrected chi connectivity index (χ2v) is 5.02. The summed E-state index contributed by atoms with van der Waals surface area (Å²) in [5, 5.41) is 10.2. The van der Waals surface area contributed by atoms with Gasteiger partial charge in [0.25, 0.3) is 0 Å². The largest absolute Gasteiger partial charge is 0.411 e. The van der Waals surface area contributed by atoms with Gasteiger partial charge in [-0.3, -0.25) is 0 Å². The van der Waals surface area contributed by atoms with Gasteiger partial charge in [-0.15, -0.1) is 16.4 Å². The minimum absolute atomic E-state index is 0.408. The molecule has 4 nitrogen and oxygen atoms in total. The zero-order valence-corrected chi connectivity index (χ0v) is 9.99. The van der Waals surface area contributed by atoms with Crippen molar-refractivity contribution in [3.05, 3.63) is 26.1 Å². The van der Waals surface area contributed by atoms with Crippen molar-refractivity contribution in [2.24, 2.45) is 0 Å². The van der Waals surface area contributed by atoms with E-state index in [-0.39, 0.29) is 0 Å². The van der Waals surface area contributed by atoms with E-state index in [0.29, 0.717) is 12.6 Å². The SMILES string of the molecule is Clc1sc(CNc2nnco2)cc1Br. The average molecular weight is 295 g/mol. The predicted molar refractivity (Wildman–Crippen MR) is 58.7 cm³/mol. The molecule has 74 valence electrons. The first-order chi connectivity index (χ1) is 6.75. The third kappa shape index (κ3) is 2.26. The fourth-order valence-corrected chi connectivity index (χ4v) is 2.62. The van der Waals surface area contributed by atoms with Gasteiger partial charge in [-0.25, -0.2) is 0 Å². The van der Waals surface area contributed by atoms with E-state index in [0.717, 1.165) is 13.7 Å². The summed E-state index contributed by atoms with van der Waals surface area (Å²) in [6, 6.07) is 2.36. The molecule has 0 aliphatic heterocycles. The predicted octanol–water partition coefficient (Wildman–Crippen LogP) is 3.16. The Labute approximate surface area is 97.4 Å². The van der Waals surface area contributed by atoms with Crippen LogP contribution in [0.2, 0.25) is 4.34 Å². The van der Waals surface area contributed by atoms with Gasteiger partial charge in [0, 0.05) is 9.35 Å². The molecule has 0 aromatic carbocycles. The molecule has 0 amide bonds. The Morgan fingerprint density at radius 2 is 2.50 bits per heavy atom. The minimum atomic E-state index is 0.408. The van der Waals surface area contributed by atoms with Crippen LogP contribution >= 0.6 is 38.9 Å². The van der Waals surface area contributed by atoms with Crippen molar-refractivity contribution in [1.82, 2.24) is 10.2 Å². The summed E-state index contributed by atoms with van der Waals surface area (Å²) in [7, 11) is 0. The highest BCUT2D eigenvalue weighted by Gasteiger charge is 2.05. The maximum Gasteiger partial charge on any atom is 0.315 e. The van der Waals surface area contributed by atoms with E-state index in [1.807, 2.05) is 6.07 Å². The van der Waals surface area contributed by atoms with Gasteiger partial charge in [-0.1, -0.05) is 16.7 Å². The van der Waals surface area contributed by atoms with Gasteiger partial charge in [0.15, 0.2) is 0 Å². The average Bonchev–Trinajstić information content (AvgIpc) is 2.74. The van der Waals surface area contributed by atoms with Crippen molar-refractivity contribution < 1.29 is 4.42 Å². The highest BCUT2D eigenvalue weighted by Crippen LogP contribution is 2.32. The summed E-state index contributed by atoms with van der Waals surface area (Å²) in [6.45, 7) is 0.623. The first-order valence-corrected chi connectivity index (χ1v) is 5.68. The van der Waals surface area contributed by atoms with E-state index in [1.54, 1.807) is 0 Å². The standard InChI is InChI=1S/C7H5BrClN3OS/c8-5-1-4(14-6(5)9)2-10-7-12-11-3-13-7/h1,3H,2H2,(H,10,12). The van der Waals surface area contributed by atoms with Gasteiger partial charge in [0.2, 0.25) is 6.39 Å². The minimum Gasteiger partial charge on any atom is -0.411 e. The Balaban J connectivity index is 1.98. The lowest BCUT2D eigenvalue weighted by Gasteiger charge is -1.95. The summed E-state index contributed by atoms with van der Waals surface area (Å²) in [6.07, 6.45) is 1.28. The van der Waals surface area contributed by atoms with Crippen LogP contribution in [0.5, 0.6) is 0 Å². The quantitative estimate of drug-likeness (QED) is 0.945. The van der Waals surface area contributed by atoms with Crippen LogP contribution < -0.4 is 5.32 Å². The molecule has 2 aromatic heterocycles. The van der Waals surface area contributed by atoms with Gasteiger partial charge in [-0.05, 0) is 22.0 Å². The number of hydrogen-bond donors (Lipinski definition) is 1. The molecule has 0 saturated heterocycles. The number of thiophene rings is 1. The monoisotopic (exact) mass is 293 g/mol.